The van der Waals surface area contributed by atoms with E-state index >= 15 is 0 Å². The lowest BCUT2D eigenvalue weighted by atomic mass is 10.4. The molecule has 1 aromatic heterocycles. The van der Waals surface area contributed by atoms with Gasteiger partial charge in [0.25, 0.3) is 5.89 Å². The second-order valence-electron chi connectivity index (χ2n) is 4.16. The Morgan fingerprint density at radius 2 is 2.24 bits per heavy atom. The molecule has 5 nitrogen and oxygen atoms in total. The van der Waals surface area contributed by atoms with E-state index in [9.17, 15) is 0 Å². The molecule has 1 aliphatic rings. The Morgan fingerprint density at radius 1 is 1.41 bits per heavy atom. The Balaban J connectivity index is 1.69. The number of ether oxygens (including phenoxy) is 1. The quantitative estimate of drug-likeness (QED) is 0.750. The van der Waals surface area contributed by atoms with Crippen LogP contribution in [0.2, 0.25) is 0 Å². The van der Waals surface area contributed by atoms with Crippen LogP contribution in [0.5, 0.6) is 0 Å². The molecular formula is C11H19N3O2S. The minimum Gasteiger partial charge on any atom is -0.370 e. The first-order valence-corrected chi connectivity index (χ1v) is 7.14. The molecule has 1 fully saturated rings. The minimum absolute atomic E-state index is 0.359. The third kappa shape index (κ3) is 4.29. The molecule has 0 atom stereocenters. The molecule has 17 heavy (non-hydrogen) atoms. The highest BCUT2D eigenvalue weighted by Crippen LogP contribution is 2.30. The van der Waals surface area contributed by atoms with Gasteiger partial charge in [-0.15, -0.1) is 0 Å². The van der Waals surface area contributed by atoms with E-state index in [4.69, 9.17) is 15.0 Å². The molecule has 1 heterocycles. The van der Waals surface area contributed by atoms with Crippen molar-refractivity contribution in [2.75, 3.05) is 13.2 Å². The van der Waals surface area contributed by atoms with E-state index in [-0.39, 0.29) is 0 Å². The highest BCUT2D eigenvalue weighted by Gasteiger charge is 2.16. The van der Waals surface area contributed by atoms with Gasteiger partial charge in [-0.3, -0.25) is 0 Å². The van der Waals surface area contributed by atoms with Crippen molar-refractivity contribution in [3.05, 3.63) is 11.7 Å². The molecule has 1 aliphatic carbocycles. The molecule has 0 radical (unpaired) electrons. The van der Waals surface area contributed by atoms with E-state index in [0.717, 1.165) is 16.8 Å². The molecule has 0 amide bonds. The van der Waals surface area contributed by atoms with E-state index in [1.165, 1.54) is 25.7 Å². The van der Waals surface area contributed by atoms with Crippen molar-refractivity contribution in [1.82, 2.24) is 10.1 Å². The van der Waals surface area contributed by atoms with Crippen LogP contribution >= 0.6 is 11.8 Å². The molecule has 0 unspecified atom stereocenters. The fourth-order valence-corrected chi connectivity index (χ4v) is 3.07. The molecule has 1 saturated carbocycles. The Bertz CT molecular complexity index is 326. The summed E-state index contributed by atoms with van der Waals surface area (Å²) in [6.45, 7) is 1.39. The lowest BCUT2D eigenvalue weighted by molar-refractivity contribution is 0.104. The van der Waals surface area contributed by atoms with Gasteiger partial charge in [-0.25, -0.2) is 0 Å². The number of hydrogen-bond acceptors (Lipinski definition) is 6. The summed E-state index contributed by atoms with van der Waals surface area (Å²) in [5.41, 5.74) is 5.32. The molecule has 2 rings (SSSR count). The highest BCUT2D eigenvalue weighted by molar-refractivity contribution is 7.99. The molecule has 0 saturated heterocycles. The number of thioether (sulfide) groups is 1. The van der Waals surface area contributed by atoms with E-state index < -0.39 is 0 Å². The first-order chi connectivity index (χ1) is 8.38. The van der Waals surface area contributed by atoms with Crippen LogP contribution in [0.25, 0.3) is 0 Å². The van der Waals surface area contributed by atoms with Gasteiger partial charge in [-0.2, -0.15) is 16.7 Å². The zero-order chi connectivity index (χ0) is 11.9. The van der Waals surface area contributed by atoms with Crippen molar-refractivity contribution in [3.63, 3.8) is 0 Å². The third-order valence-corrected chi connectivity index (χ3v) is 4.12. The summed E-state index contributed by atoms with van der Waals surface area (Å²) >= 11 is 1.93. The number of aromatic nitrogens is 2. The van der Waals surface area contributed by atoms with Crippen molar-refractivity contribution in [3.8, 4) is 0 Å². The van der Waals surface area contributed by atoms with Gasteiger partial charge >= 0.3 is 0 Å². The monoisotopic (exact) mass is 257 g/mol. The fraction of sp³-hybridized carbons (Fsp3) is 0.818. The van der Waals surface area contributed by atoms with Crippen LogP contribution in [0, 0.1) is 0 Å². The van der Waals surface area contributed by atoms with E-state index in [2.05, 4.69) is 10.1 Å². The normalized spacial score (nSPS) is 16.8. The molecule has 6 heteroatoms. The number of nitrogens with two attached hydrogens (primary N) is 1. The first-order valence-electron chi connectivity index (χ1n) is 6.09. The van der Waals surface area contributed by atoms with E-state index in [1.54, 1.807) is 0 Å². The lowest BCUT2D eigenvalue weighted by Crippen LogP contribution is -2.08. The summed E-state index contributed by atoms with van der Waals surface area (Å²) in [6.07, 6.45) is 5.38. The summed E-state index contributed by atoms with van der Waals surface area (Å²) < 4.78 is 10.3. The molecule has 0 bridgehead atoms. The van der Waals surface area contributed by atoms with Gasteiger partial charge in [0.15, 0.2) is 5.82 Å². The largest absolute Gasteiger partial charge is 0.370 e. The van der Waals surface area contributed by atoms with Crippen molar-refractivity contribution in [2.24, 2.45) is 5.73 Å². The van der Waals surface area contributed by atoms with Crippen molar-refractivity contribution < 1.29 is 9.26 Å². The maximum absolute atomic E-state index is 5.32. The Kier molecular flexibility index (Phi) is 5.28. The van der Waals surface area contributed by atoms with Crippen LogP contribution in [0.15, 0.2) is 4.52 Å². The molecule has 1 aromatic rings. The standard InChI is InChI=1S/C11H19N3O2S/c12-5-6-15-7-11-13-10(14-16-11)8-17-9-3-1-2-4-9/h9H,1-8,12H2. The number of nitrogens with zero attached hydrogens (tertiary/aromatic N) is 2. The maximum atomic E-state index is 5.32. The smallest absolute Gasteiger partial charge is 0.252 e. The van der Waals surface area contributed by atoms with Gasteiger partial charge in [0, 0.05) is 11.8 Å². The summed E-state index contributed by atoms with van der Waals surface area (Å²) in [5, 5.41) is 4.72. The Hall–Kier alpha value is -0.590. The van der Waals surface area contributed by atoms with Crippen LogP contribution < -0.4 is 5.73 Å². The number of hydrogen-bond donors (Lipinski definition) is 1. The summed E-state index contributed by atoms with van der Waals surface area (Å²) in [6, 6.07) is 0. The van der Waals surface area contributed by atoms with Gasteiger partial charge in [0.2, 0.25) is 0 Å². The molecule has 0 spiro atoms. The predicted molar refractivity (Wildman–Crippen MR) is 66.6 cm³/mol. The topological polar surface area (TPSA) is 74.2 Å². The Morgan fingerprint density at radius 3 is 3.00 bits per heavy atom. The van der Waals surface area contributed by atoms with Crippen molar-refractivity contribution in [1.29, 1.82) is 0 Å². The van der Waals surface area contributed by atoms with Crippen LogP contribution in [0.1, 0.15) is 37.4 Å². The summed E-state index contributed by atoms with van der Waals surface area (Å²) in [4.78, 5) is 4.28. The third-order valence-electron chi connectivity index (χ3n) is 2.75. The van der Waals surface area contributed by atoms with Gasteiger partial charge in [0.1, 0.15) is 6.61 Å². The first kappa shape index (κ1) is 12.9. The van der Waals surface area contributed by atoms with Gasteiger partial charge < -0.3 is 15.0 Å². The van der Waals surface area contributed by atoms with Crippen LogP contribution in [0.3, 0.4) is 0 Å². The molecule has 0 aliphatic heterocycles. The molecule has 96 valence electrons. The van der Waals surface area contributed by atoms with Crippen molar-refractivity contribution in [2.45, 2.75) is 43.3 Å². The van der Waals surface area contributed by atoms with Crippen LogP contribution in [-0.2, 0) is 17.1 Å². The average molecular weight is 257 g/mol. The minimum atomic E-state index is 0.359. The second-order valence-corrected chi connectivity index (χ2v) is 5.45. The zero-order valence-electron chi connectivity index (χ0n) is 9.93. The molecule has 2 N–H and O–H groups in total. The van der Waals surface area contributed by atoms with Crippen LogP contribution in [0.4, 0.5) is 0 Å². The maximum Gasteiger partial charge on any atom is 0.252 e. The van der Waals surface area contributed by atoms with E-state index in [1.807, 2.05) is 11.8 Å². The van der Waals surface area contributed by atoms with Crippen molar-refractivity contribution >= 4 is 11.8 Å². The zero-order valence-corrected chi connectivity index (χ0v) is 10.7. The molecule has 0 aromatic carbocycles. The average Bonchev–Trinajstić information content (AvgIpc) is 2.98. The van der Waals surface area contributed by atoms with Crippen LogP contribution in [-0.4, -0.2) is 28.5 Å². The second kappa shape index (κ2) is 6.98. The Labute approximate surface area is 105 Å². The molecular weight excluding hydrogens is 238 g/mol. The number of rotatable bonds is 7. The SMILES string of the molecule is NCCOCc1nc(CSC2CCCC2)no1. The van der Waals surface area contributed by atoms with Gasteiger partial charge in [-0.1, -0.05) is 18.0 Å². The predicted octanol–water partition coefficient (Wildman–Crippen LogP) is 1.72. The van der Waals surface area contributed by atoms with E-state index in [0.29, 0.717) is 25.6 Å². The lowest BCUT2D eigenvalue weighted by Gasteiger charge is -2.04. The summed E-state index contributed by atoms with van der Waals surface area (Å²) in [5.74, 6) is 2.15. The van der Waals surface area contributed by atoms with Gasteiger partial charge in [0.05, 0.1) is 12.4 Å². The summed E-state index contributed by atoms with van der Waals surface area (Å²) in [7, 11) is 0. The fourth-order valence-electron chi connectivity index (χ4n) is 1.90. The van der Waals surface area contributed by atoms with Gasteiger partial charge in [-0.05, 0) is 12.8 Å². The highest BCUT2D eigenvalue weighted by atomic mass is 32.2.